The van der Waals surface area contributed by atoms with Gasteiger partial charge in [0.1, 0.15) is 28.3 Å². The van der Waals surface area contributed by atoms with Gasteiger partial charge in [-0.2, -0.15) is 0 Å². The van der Waals surface area contributed by atoms with Gasteiger partial charge in [-0.1, -0.05) is 12.1 Å². The normalized spacial score (nSPS) is 10.3. The Kier molecular flexibility index (Phi) is 3.23. The highest BCUT2D eigenvalue weighted by Crippen LogP contribution is 2.29. The van der Waals surface area contributed by atoms with Gasteiger partial charge in [0.15, 0.2) is 0 Å². The number of aryl methyl sites for hydroxylation is 1. The van der Waals surface area contributed by atoms with Crippen LogP contribution in [0.5, 0.6) is 0 Å². The number of benzene rings is 1. The Morgan fingerprint density at radius 3 is 2.82 bits per heavy atom. The molecule has 0 atom stereocenters. The second kappa shape index (κ2) is 4.67. The van der Waals surface area contributed by atoms with E-state index in [9.17, 15) is 4.39 Å². The maximum Gasteiger partial charge on any atom is 0.150 e. The first-order valence-electron chi connectivity index (χ1n) is 4.87. The molecule has 2 rings (SSSR count). The average molecular weight is 297 g/mol. The topological polar surface area (TPSA) is 63.8 Å². The predicted octanol–water partition coefficient (Wildman–Crippen LogP) is 3.01. The number of halogens is 2. The molecule has 0 radical (unpaired) electrons. The van der Waals surface area contributed by atoms with E-state index in [0.717, 1.165) is 5.56 Å². The molecule has 1 aromatic heterocycles. The van der Waals surface area contributed by atoms with Crippen molar-refractivity contribution in [1.82, 2.24) is 9.97 Å². The molecular formula is C11H10BrFN4. The molecule has 0 fully saturated rings. The van der Waals surface area contributed by atoms with Gasteiger partial charge in [0.05, 0.1) is 5.69 Å². The predicted molar refractivity (Wildman–Crippen MR) is 68.6 cm³/mol. The summed E-state index contributed by atoms with van der Waals surface area (Å²) in [5.41, 5.74) is 6.79. The van der Waals surface area contributed by atoms with E-state index in [1.807, 2.05) is 13.0 Å². The van der Waals surface area contributed by atoms with Gasteiger partial charge in [0.2, 0.25) is 0 Å². The van der Waals surface area contributed by atoms with E-state index in [1.165, 1.54) is 12.4 Å². The second-order valence-electron chi connectivity index (χ2n) is 3.48. The van der Waals surface area contributed by atoms with Crippen LogP contribution in [0.3, 0.4) is 0 Å². The fraction of sp³-hybridized carbons (Fsp3) is 0.0909. The molecule has 0 bridgehead atoms. The SMILES string of the molecule is Cc1cccc(F)c1Nc1ncnc(N)c1Br. The van der Waals surface area contributed by atoms with E-state index < -0.39 is 0 Å². The first-order chi connectivity index (χ1) is 8.09. The lowest BCUT2D eigenvalue weighted by molar-refractivity contribution is 0.630. The molecular weight excluding hydrogens is 287 g/mol. The molecule has 1 aromatic carbocycles. The van der Waals surface area contributed by atoms with Crippen molar-refractivity contribution < 1.29 is 4.39 Å². The van der Waals surface area contributed by atoms with Crippen LogP contribution in [0.1, 0.15) is 5.56 Å². The summed E-state index contributed by atoms with van der Waals surface area (Å²) in [5, 5.41) is 2.90. The zero-order valence-corrected chi connectivity index (χ0v) is 10.6. The molecule has 0 amide bonds. The number of rotatable bonds is 2. The van der Waals surface area contributed by atoms with Gasteiger partial charge < -0.3 is 11.1 Å². The van der Waals surface area contributed by atoms with E-state index in [-0.39, 0.29) is 5.82 Å². The van der Waals surface area contributed by atoms with Crippen LogP contribution < -0.4 is 11.1 Å². The molecule has 1 heterocycles. The molecule has 0 saturated carbocycles. The van der Waals surface area contributed by atoms with Crippen molar-refractivity contribution >= 4 is 33.3 Å². The Balaban J connectivity index is 2.42. The zero-order chi connectivity index (χ0) is 12.4. The second-order valence-corrected chi connectivity index (χ2v) is 4.27. The van der Waals surface area contributed by atoms with Crippen LogP contribution in [-0.4, -0.2) is 9.97 Å². The lowest BCUT2D eigenvalue weighted by Crippen LogP contribution is -2.02. The van der Waals surface area contributed by atoms with Gasteiger partial charge in [0, 0.05) is 0 Å². The highest BCUT2D eigenvalue weighted by atomic mass is 79.9. The molecule has 88 valence electrons. The van der Waals surface area contributed by atoms with E-state index >= 15 is 0 Å². The summed E-state index contributed by atoms with van der Waals surface area (Å²) in [4.78, 5) is 7.81. The fourth-order valence-corrected chi connectivity index (χ4v) is 1.68. The van der Waals surface area contributed by atoms with Gasteiger partial charge >= 0.3 is 0 Å². The van der Waals surface area contributed by atoms with E-state index in [0.29, 0.717) is 21.8 Å². The van der Waals surface area contributed by atoms with Crippen molar-refractivity contribution in [3.8, 4) is 0 Å². The number of para-hydroxylation sites is 1. The Labute approximate surface area is 106 Å². The van der Waals surface area contributed by atoms with Crippen LogP contribution in [0.4, 0.5) is 21.7 Å². The lowest BCUT2D eigenvalue weighted by atomic mass is 10.2. The number of hydrogen-bond acceptors (Lipinski definition) is 4. The van der Waals surface area contributed by atoms with Crippen LogP contribution in [0, 0.1) is 12.7 Å². The van der Waals surface area contributed by atoms with Crippen molar-refractivity contribution in [2.24, 2.45) is 0 Å². The number of aromatic nitrogens is 2. The smallest absolute Gasteiger partial charge is 0.150 e. The quantitative estimate of drug-likeness (QED) is 0.894. The summed E-state index contributed by atoms with van der Waals surface area (Å²) >= 11 is 3.25. The number of nitrogens with two attached hydrogens (primary N) is 1. The summed E-state index contributed by atoms with van der Waals surface area (Å²) in [5.74, 6) is 0.399. The van der Waals surface area contributed by atoms with Crippen LogP contribution in [0.25, 0.3) is 0 Å². The van der Waals surface area contributed by atoms with Crippen molar-refractivity contribution in [2.45, 2.75) is 6.92 Å². The van der Waals surface area contributed by atoms with Crippen LogP contribution in [0.15, 0.2) is 29.0 Å². The summed E-state index contributed by atoms with van der Waals surface area (Å²) in [6.07, 6.45) is 1.32. The van der Waals surface area contributed by atoms with Crippen molar-refractivity contribution in [1.29, 1.82) is 0 Å². The third kappa shape index (κ3) is 2.36. The average Bonchev–Trinajstić information content (AvgIpc) is 2.29. The van der Waals surface area contributed by atoms with Crippen LogP contribution >= 0.6 is 15.9 Å². The van der Waals surface area contributed by atoms with Gasteiger partial charge in [-0.3, -0.25) is 0 Å². The molecule has 0 spiro atoms. The molecule has 0 aliphatic heterocycles. The summed E-state index contributed by atoms with van der Waals surface area (Å²) in [6.45, 7) is 1.81. The van der Waals surface area contributed by atoms with E-state index in [4.69, 9.17) is 5.73 Å². The third-order valence-electron chi connectivity index (χ3n) is 2.28. The molecule has 2 aromatic rings. The Morgan fingerprint density at radius 1 is 1.35 bits per heavy atom. The molecule has 3 N–H and O–H groups in total. The highest BCUT2D eigenvalue weighted by molar-refractivity contribution is 9.10. The number of nitrogens with zero attached hydrogens (tertiary/aromatic N) is 2. The van der Waals surface area contributed by atoms with Crippen molar-refractivity contribution in [2.75, 3.05) is 11.1 Å². The Morgan fingerprint density at radius 2 is 2.12 bits per heavy atom. The maximum absolute atomic E-state index is 13.6. The van der Waals surface area contributed by atoms with Crippen LogP contribution in [0.2, 0.25) is 0 Å². The van der Waals surface area contributed by atoms with Gasteiger partial charge in [-0.25, -0.2) is 14.4 Å². The standard InChI is InChI=1S/C11H10BrFN4/c1-6-3-2-4-7(13)9(6)17-11-8(12)10(14)15-5-16-11/h2-5H,1H3,(H3,14,15,16,17). The largest absolute Gasteiger partial charge is 0.383 e. The minimum atomic E-state index is -0.339. The molecule has 0 aliphatic carbocycles. The Bertz CT molecular complexity index is 539. The summed E-state index contributed by atoms with van der Waals surface area (Å²) in [6, 6.07) is 4.84. The molecule has 0 unspecified atom stereocenters. The lowest BCUT2D eigenvalue weighted by Gasteiger charge is -2.11. The summed E-state index contributed by atoms with van der Waals surface area (Å²) in [7, 11) is 0. The number of nitrogen functional groups attached to an aromatic ring is 1. The van der Waals surface area contributed by atoms with Gasteiger partial charge in [-0.05, 0) is 34.5 Å². The minimum Gasteiger partial charge on any atom is -0.383 e. The van der Waals surface area contributed by atoms with E-state index in [2.05, 4.69) is 31.2 Å². The first-order valence-corrected chi connectivity index (χ1v) is 5.67. The molecule has 17 heavy (non-hydrogen) atoms. The number of nitrogens with one attached hydrogen (secondary N) is 1. The third-order valence-corrected chi connectivity index (χ3v) is 3.06. The van der Waals surface area contributed by atoms with Gasteiger partial charge in [-0.15, -0.1) is 0 Å². The number of anilines is 3. The maximum atomic E-state index is 13.6. The first kappa shape index (κ1) is 11.8. The fourth-order valence-electron chi connectivity index (χ4n) is 1.38. The molecule has 6 heteroatoms. The monoisotopic (exact) mass is 296 g/mol. The minimum absolute atomic E-state index is 0.302. The molecule has 0 aliphatic rings. The Hall–Kier alpha value is -1.69. The van der Waals surface area contributed by atoms with Crippen molar-refractivity contribution in [3.63, 3.8) is 0 Å². The molecule has 4 nitrogen and oxygen atoms in total. The van der Waals surface area contributed by atoms with Crippen LogP contribution in [-0.2, 0) is 0 Å². The highest BCUT2D eigenvalue weighted by Gasteiger charge is 2.10. The van der Waals surface area contributed by atoms with E-state index in [1.54, 1.807) is 6.07 Å². The van der Waals surface area contributed by atoms with Gasteiger partial charge in [0.25, 0.3) is 0 Å². The number of hydrogen-bond donors (Lipinski definition) is 2. The molecule has 0 saturated heterocycles. The zero-order valence-electron chi connectivity index (χ0n) is 9.04. The van der Waals surface area contributed by atoms with Crippen molar-refractivity contribution in [3.05, 3.63) is 40.4 Å². The summed E-state index contributed by atoms with van der Waals surface area (Å²) < 4.78 is 14.1.